The summed E-state index contributed by atoms with van der Waals surface area (Å²) in [6.07, 6.45) is 2.65. The topological polar surface area (TPSA) is 47.2 Å². The summed E-state index contributed by atoms with van der Waals surface area (Å²) < 4.78 is 2.22. The van der Waals surface area contributed by atoms with Crippen LogP contribution in [0.3, 0.4) is 0 Å². The van der Waals surface area contributed by atoms with Crippen LogP contribution in [-0.4, -0.2) is 15.9 Å². The smallest absolute Gasteiger partial charge is 0.267 e. The first-order valence-corrected chi connectivity index (χ1v) is 10.3. The molecule has 144 valence electrons. The summed E-state index contributed by atoms with van der Waals surface area (Å²) in [6.45, 7) is 4.15. The molecule has 0 atom stereocenters. The molecule has 1 heterocycles. The molecule has 0 N–H and O–H groups in total. The van der Waals surface area contributed by atoms with E-state index in [9.17, 15) is 4.79 Å². The maximum absolute atomic E-state index is 13.3. The molecule has 0 aliphatic heterocycles. The molecule has 4 aromatic rings. The molecule has 3 aromatic carbocycles. The van der Waals surface area contributed by atoms with Gasteiger partial charge < -0.3 is 0 Å². The molecule has 5 heteroatoms. The Morgan fingerprint density at radius 3 is 2.45 bits per heavy atom. The zero-order valence-electron chi connectivity index (χ0n) is 16.3. The zero-order chi connectivity index (χ0) is 20.4. The van der Waals surface area contributed by atoms with Gasteiger partial charge >= 0.3 is 0 Å². The quantitative estimate of drug-likeness (QED) is 0.385. The van der Waals surface area contributed by atoms with Crippen molar-refractivity contribution >= 4 is 33.0 Å². The number of nitrogens with zero attached hydrogens (tertiary/aromatic N) is 3. The SMILES string of the molecule is CCc1ccc(-c2nc3ccc(Br)cc3c(=O)n2N=Cc2ccc(C)cc2)cc1. The predicted octanol–water partition coefficient (Wildman–Crippen LogP) is 5.58. The van der Waals surface area contributed by atoms with Gasteiger partial charge in [-0.2, -0.15) is 9.78 Å². The maximum atomic E-state index is 13.3. The monoisotopic (exact) mass is 445 g/mol. The molecule has 1 aromatic heterocycles. The molecule has 0 unspecified atom stereocenters. The van der Waals surface area contributed by atoms with E-state index in [2.05, 4.69) is 40.1 Å². The van der Waals surface area contributed by atoms with Crippen molar-refractivity contribution in [3.05, 3.63) is 98.2 Å². The minimum absolute atomic E-state index is 0.200. The van der Waals surface area contributed by atoms with Crippen LogP contribution in [0, 0.1) is 6.92 Å². The lowest BCUT2D eigenvalue weighted by Gasteiger charge is -2.10. The van der Waals surface area contributed by atoms with E-state index in [1.807, 2.05) is 55.5 Å². The Kier molecular flexibility index (Phi) is 5.41. The fourth-order valence-electron chi connectivity index (χ4n) is 3.11. The van der Waals surface area contributed by atoms with Crippen LogP contribution >= 0.6 is 15.9 Å². The Morgan fingerprint density at radius 2 is 1.76 bits per heavy atom. The van der Waals surface area contributed by atoms with Crippen molar-refractivity contribution in [1.82, 2.24) is 9.66 Å². The van der Waals surface area contributed by atoms with Gasteiger partial charge in [0.2, 0.25) is 0 Å². The standard InChI is InChI=1S/C24H20BrN3O/c1-3-17-8-10-19(11-9-17)23-27-22-13-12-20(25)14-21(22)24(29)28(23)26-15-18-6-4-16(2)5-7-18/h4-15H,3H2,1-2H3. The van der Waals surface area contributed by atoms with E-state index in [0.717, 1.165) is 22.0 Å². The van der Waals surface area contributed by atoms with Crippen LogP contribution in [0.5, 0.6) is 0 Å². The minimum atomic E-state index is -0.200. The summed E-state index contributed by atoms with van der Waals surface area (Å²) in [7, 11) is 0. The van der Waals surface area contributed by atoms with E-state index in [1.165, 1.54) is 15.8 Å². The van der Waals surface area contributed by atoms with Crippen molar-refractivity contribution in [1.29, 1.82) is 0 Å². The van der Waals surface area contributed by atoms with Crippen molar-refractivity contribution in [3.63, 3.8) is 0 Å². The van der Waals surface area contributed by atoms with Gasteiger partial charge in [0.15, 0.2) is 5.82 Å². The molecule has 4 nitrogen and oxygen atoms in total. The van der Waals surface area contributed by atoms with Gasteiger partial charge in [0.1, 0.15) is 0 Å². The van der Waals surface area contributed by atoms with Crippen LogP contribution < -0.4 is 5.56 Å². The molecule has 0 spiro atoms. The number of benzene rings is 3. The third-order valence-electron chi connectivity index (χ3n) is 4.83. The van der Waals surface area contributed by atoms with Gasteiger partial charge in [-0.3, -0.25) is 4.79 Å². The van der Waals surface area contributed by atoms with E-state index < -0.39 is 0 Å². The molecule has 0 fully saturated rings. The Morgan fingerprint density at radius 1 is 1.03 bits per heavy atom. The first-order chi connectivity index (χ1) is 14.0. The van der Waals surface area contributed by atoms with Crippen LogP contribution in [0.2, 0.25) is 0 Å². The summed E-state index contributed by atoms with van der Waals surface area (Å²) in [6, 6.07) is 21.6. The van der Waals surface area contributed by atoms with Gasteiger partial charge in [-0.05, 0) is 42.7 Å². The highest BCUT2D eigenvalue weighted by molar-refractivity contribution is 9.10. The second-order valence-electron chi connectivity index (χ2n) is 6.92. The minimum Gasteiger partial charge on any atom is -0.267 e. The molecular weight excluding hydrogens is 426 g/mol. The predicted molar refractivity (Wildman–Crippen MR) is 123 cm³/mol. The van der Waals surface area contributed by atoms with E-state index in [1.54, 1.807) is 12.3 Å². The van der Waals surface area contributed by atoms with Crippen molar-refractivity contribution in [2.24, 2.45) is 5.10 Å². The molecule has 29 heavy (non-hydrogen) atoms. The molecule has 0 bridgehead atoms. The Bertz CT molecular complexity index is 1260. The third kappa shape index (κ3) is 4.05. The Labute approximate surface area is 177 Å². The van der Waals surface area contributed by atoms with Crippen molar-refractivity contribution in [2.45, 2.75) is 20.3 Å². The average Bonchev–Trinajstić information content (AvgIpc) is 2.74. The maximum Gasteiger partial charge on any atom is 0.282 e. The highest BCUT2D eigenvalue weighted by Crippen LogP contribution is 2.22. The van der Waals surface area contributed by atoms with Gasteiger partial charge in [0.25, 0.3) is 5.56 Å². The molecule has 4 rings (SSSR count). The molecule has 0 saturated heterocycles. The lowest BCUT2D eigenvalue weighted by atomic mass is 10.1. The largest absolute Gasteiger partial charge is 0.282 e. The molecule has 0 amide bonds. The van der Waals surface area contributed by atoms with Crippen LogP contribution in [0.1, 0.15) is 23.6 Å². The molecule has 0 aliphatic rings. The highest BCUT2D eigenvalue weighted by Gasteiger charge is 2.13. The Hall–Kier alpha value is -3.05. The van der Waals surface area contributed by atoms with Gasteiger partial charge in [0.05, 0.1) is 17.1 Å². The fourth-order valence-corrected chi connectivity index (χ4v) is 3.47. The summed E-state index contributed by atoms with van der Waals surface area (Å²) in [5, 5.41) is 5.03. The molecule has 0 radical (unpaired) electrons. The van der Waals surface area contributed by atoms with Gasteiger partial charge in [-0.25, -0.2) is 4.98 Å². The molecule has 0 aliphatic carbocycles. The lowest BCUT2D eigenvalue weighted by molar-refractivity contribution is 0.829. The van der Waals surface area contributed by atoms with E-state index in [0.29, 0.717) is 16.7 Å². The second-order valence-corrected chi connectivity index (χ2v) is 7.84. The third-order valence-corrected chi connectivity index (χ3v) is 5.32. The first kappa shape index (κ1) is 19.3. The number of aromatic nitrogens is 2. The second kappa shape index (κ2) is 8.13. The summed E-state index contributed by atoms with van der Waals surface area (Å²) in [5.74, 6) is 0.524. The number of hydrogen-bond donors (Lipinski definition) is 0. The van der Waals surface area contributed by atoms with Crippen molar-refractivity contribution in [3.8, 4) is 11.4 Å². The molecular formula is C24H20BrN3O. The van der Waals surface area contributed by atoms with Crippen LogP contribution in [0.25, 0.3) is 22.3 Å². The van der Waals surface area contributed by atoms with Crippen molar-refractivity contribution < 1.29 is 0 Å². The number of aryl methyl sites for hydroxylation is 2. The summed E-state index contributed by atoms with van der Waals surface area (Å²) in [5.41, 5.74) is 4.63. The average molecular weight is 446 g/mol. The van der Waals surface area contributed by atoms with Gasteiger partial charge in [-0.15, -0.1) is 0 Å². The van der Waals surface area contributed by atoms with E-state index >= 15 is 0 Å². The number of halogens is 1. The summed E-state index contributed by atoms with van der Waals surface area (Å²) in [4.78, 5) is 18.0. The van der Waals surface area contributed by atoms with Crippen molar-refractivity contribution in [2.75, 3.05) is 0 Å². The number of rotatable bonds is 4. The fraction of sp³-hybridized carbons (Fsp3) is 0.125. The van der Waals surface area contributed by atoms with Crippen LogP contribution in [0.4, 0.5) is 0 Å². The van der Waals surface area contributed by atoms with Gasteiger partial charge in [0, 0.05) is 10.0 Å². The number of fused-ring (bicyclic) bond motifs is 1. The summed E-state index contributed by atoms with van der Waals surface area (Å²) >= 11 is 3.44. The Balaban J connectivity index is 1.92. The number of hydrogen-bond acceptors (Lipinski definition) is 3. The van der Waals surface area contributed by atoms with E-state index in [4.69, 9.17) is 4.98 Å². The zero-order valence-corrected chi connectivity index (χ0v) is 17.8. The van der Waals surface area contributed by atoms with Crippen LogP contribution in [-0.2, 0) is 6.42 Å². The van der Waals surface area contributed by atoms with E-state index in [-0.39, 0.29) is 5.56 Å². The normalized spacial score (nSPS) is 11.4. The molecule has 0 saturated carbocycles. The first-order valence-electron chi connectivity index (χ1n) is 9.48. The highest BCUT2D eigenvalue weighted by atomic mass is 79.9. The lowest BCUT2D eigenvalue weighted by Crippen LogP contribution is -2.20. The van der Waals surface area contributed by atoms with Crippen LogP contribution in [0.15, 0.2) is 81.1 Å². The van der Waals surface area contributed by atoms with Gasteiger partial charge in [-0.1, -0.05) is 76.9 Å².